The van der Waals surface area contributed by atoms with Crippen LogP contribution in [0.1, 0.15) is 6.42 Å². The van der Waals surface area contributed by atoms with Gasteiger partial charge in [-0.25, -0.2) is 4.98 Å². The first-order valence-corrected chi connectivity index (χ1v) is 6.37. The van der Waals surface area contributed by atoms with Crippen molar-refractivity contribution in [2.45, 2.75) is 13.0 Å². The van der Waals surface area contributed by atoms with E-state index >= 15 is 0 Å². The average molecular weight is 327 g/mol. The predicted octanol–water partition coefficient (Wildman–Crippen LogP) is 2.50. The molecule has 0 aliphatic carbocycles. The van der Waals surface area contributed by atoms with Crippen LogP contribution in [0.25, 0.3) is 11.4 Å². The highest BCUT2D eigenvalue weighted by Crippen LogP contribution is 2.23. The maximum Gasteiger partial charge on any atom is 0.140 e. The highest BCUT2D eigenvalue weighted by atomic mass is 127. The molecule has 0 radical (unpaired) electrons. The molecule has 1 aromatic carbocycles. The lowest BCUT2D eigenvalue weighted by Crippen LogP contribution is -2.06. The third kappa shape index (κ3) is 2.44. The van der Waals surface area contributed by atoms with Crippen LogP contribution in [0, 0.1) is 3.57 Å². The standard InChI is InChI=1S/C12H14IN3/c13-11-5-2-1-4-10(11)12-15-7-9-16(12)8-3-6-14/h1-2,4-5,7,9H,3,6,8,14H2. The summed E-state index contributed by atoms with van der Waals surface area (Å²) in [5.74, 6) is 1.03. The first kappa shape index (κ1) is 11.6. The number of hydrogen-bond donors (Lipinski definition) is 1. The first-order chi connectivity index (χ1) is 7.83. The molecule has 0 aliphatic rings. The maximum atomic E-state index is 5.53. The lowest BCUT2D eigenvalue weighted by Gasteiger charge is -2.08. The van der Waals surface area contributed by atoms with Crippen molar-refractivity contribution in [2.24, 2.45) is 5.73 Å². The molecule has 4 heteroatoms. The van der Waals surface area contributed by atoms with Crippen molar-refractivity contribution in [3.63, 3.8) is 0 Å². The number of halogens is 1. The Bertz CT molecular complexity index is 465. The van der Waals surface area contributed by atoms with E-state index < -0.39 is 0 Å². The molecule has 1 aromatic heterocycles. The van der Waals surface area contributed by atoms with E-state index in [1.165, 1.54) is 9.13 Å². The van der Waals surface area contributed by atoms with Crippen molar-refractivity contribution < 1.29 is 0 Å². The van der Waals surface area contributed by atoms with Crippen LogP contribution in [0.4, 0.5) is 0 Å². The molecule has 0 unspecified atom stereocenters. The molecule has 2 aromatic rings. The van der Waals surface area contributed by atoms with E-state index in [9.17, 15) is 0 Å². The van der Waals surface area contributed by atoms with Gasteiger partial charge in [-0.1, -0.05) is 18.2 Å². The summed E-state index contributed by atoms with van der Waals surface area (Å²) in [6.07, 6.45) is 4.83. The largest absolute Gasteiger partial charge is 0.331 e. The minimum atomic E-state index is 0.712. The van der Waals surface area contributed by atoms with E-state index in [1.54, 1.807) is 0 Å². The molecule has 0 aliphatic heterocycles. The summed E-state index contributed by atoms with van der Waals surface area (Å²) >= 11 is 2.34. The smallest absolute Gasteiger partial charge is 0.140 e. The Morgan fingerprint density at radius 2 is 2.12 bits per heavy atom. The van der Waals surface area contributed by atoms with Crippen LogP contribution >= 0.6 is 22.6 Å². The van der Waals surface area contributed by atoms with Gasteiger partial charge in [-0.2, -0.15) is 0 Å². The van der Waals surface area contributed by atoms with Gasteiger partial charge in [-0.3, -0.25) is 0 Å². The zero-order valence-electron chi connectivity index (χ0n) is 8.94. The normalized spacial score (nSPS) is 10.6. The Balaban J connectivity index is 2.33. The summed E-state index contributed by atoms with van der Waals surface area (Å²) in [4.78, 5) is 4.42. The van der Waals surface area contributed by atoms with Crippen molar-refractivity contribution >= 4 is 22.6 Å². The highest BCUT2D eigenvalue weighted by Gasteiger charge is 2.07. The number of rotatable bonds is 4. The molecule has 16 heavy (non-hydrogen) atoms. The van der Waals surface area contributed by atoms with Gasteiger partial charge in [0.1, 0.15) is 5.82 Å². The monoisotopic (exact) mass is 327 g/mol. The van der Waals surface area contributed by atoms with Crippen LogP contribution in [0.3, 0.4) is 0 Å². The molecule has 0 bridgehead atoms. The van der Waals surface area contributed by atoms with Crippen molar-refractivity contribution in [3.05, 3.63) is 40.2 Å². The fourth-order valence-corrected chi connectivity index (χ4v) is 2.27. The summed E-state index contributed by atoms with van der Waals surface area (Å²) in [5.41, 5.74) is 6.71. The lowest BCUT2D eigenvalue weighted by molar-refractivity contribution is 0.656. The van der Waals surface area contributed by atoms with Crippen molar-refractivity contribution in [3.8, 4) is 11.4 Å². The highest BCUT2D eigenvalue weighted by molar-refractivity contribution is 14.1. The second-order valence-corrected chi connectivity index (χ2v) is 4.73. The van der Waals surface area contributed by atoms with Crippen LogP contribution in [0.15, 0.2) is 36.7 Å². The van der Waals surface area contributed by atoms with Crippen molar-refractivity contribution in [1.82, 2.24) is 9.55 Å². The van der Waals surface area contributed by atoms with Gasteiger partial charge in [0.25, 0.3) is 0 Å². The minimum Gasteiger partial charge on any atom is -0.331 e. The number of aryl methyl sites for hydroxylation is 1. The summed E-state index contributed by atoms with van der Waals surface area (Å²) in [7, 11) is 0. The Morgan fingerprint density at radius 3 is 2.88 bits per heavy atom. The molecule has 0 atom stereocenters. The van der Waals surface area contributed by atoms with Gasteiger partial charge < -0.3 is 10.3 Å². The summed E-state index contributed by atoms with van der Waals surface area (Å²) < 4.78 is 3.38. The quantitative estimate of drug-likeness (QED) is 0.877. The third-order valence-electron chi connectivity index (χ3n) is 2.43. The van der Waals surface area contributed by atoms with E-state index in [0.717, 1.165) is 18.8 Å². The Morgan fingerprint density at radius 1 is 1.31 bits per heavy atom. The summed E-state index contributed by atoms with van der Waals surface area (Å²) in [5, 5.41) is 0. The number of aromatic nitrogens is 2. The van der Waals surface area contributed by atoms with E-state index in [2.05, 4.69) is 44.3 Å². The fourth-order valence-electron chi connectivity index (χ4n) is 1.64. The molecule has 0 amide bonds. The van der Waals surface area contributed by atoms with Crippen LogP contribution in [0.5, 0.6) is 0 Å². The van der Waals surface area contributed by atoms with Gasteiger partial charge in [-0.15, -0.1) is 0 Å². The van der Waals surface area contributed by atoms with Gasteiger partial charge in [-0.05, 0) is 41.6 Å². The van der Waals surface area contributed by atoms with Gasteiger partial charge in [0.15, 0.2) is 0 Å². The van der Waals surface area contributed by atoms with E-state index in [0.29, 0.717) is 6.54 Å². The predicted molar refractivity (Wildman–Crippen MR) is 74.1 cm³/mol. The first-order valence-electron chi connectivity index (χ1n) is 5.29. The zero-order chi connectivity index (χ0) is 11.4. The van der Waals surface area contributed by atoms with Crippen LogP contribution in [-0.4, -0.2) is 16.1 Å². The number of nitrogens with two attached hydrogens (primary N) is 1. The second-order valence-electron chi connectivity index (χ2n) is 3.57. The molecular formula is C12H14IN3. The van der Waals surface area contributed by atoms with Crippen LogP contribution in [-0.2, 0) is 6.54 Å². The molecule has 0 saturated carbocycles. The van der Waals surface area contributed by atoms with Gasteiger partial charge >= 0.3 is 0 Å². The lowest BCUT2D eigenvalue weighted by atomic mass is 10.2. The third-order valence-corrected chi connectivity index (χ3v) is 3.37. The number of hydrogen-bond acceptors (Lipinski definition) is 2. The maximum absolute atomic E-state index is 5.53. The molecule has 0 fully saturated rings. The molecule has 0 spiro atoms. The Hall–Kier alpha value is -0.880. The Labute approximate surface area is 109 Å². The topological polar surface area (TPSA) is 43.8 Å². The molecular weight excluding hydrogens is 313 g/mol. The van der Waals surface area contributed by atoms with E-state index in [4.69, 9.17) is 5.73 Å². The summed E-state index contributed by atoms with van der Waals surface area (Å²) in [6.45, 7) is 1.64. The molecule has 84 valence electrons. The van der Waals surface area contributed by atoms with Gasteiger partial charge in [0.05, 0.1) is 0 Å². The molecule has 0 saturated heterocycles. The van der Waals surface area contributed by atoms with Crippen LogP contribution in [0.2, 0.25) is 0 Å². The minimum absolute atomic E-state index is 0.712. The second kappa shape index (κ2) is 5.45. The SMILES string of the molecule is NCCCn1ccnc1-c1ccccc1I. The molecule has 1 heterocycles. The number of nitrogens with zero attached hydrogens (tertiary/aromatic N) is 2. The van der Waals surface area contributed by atoms with Crippen LogP contribution < -0.4 is 5.73 Å². The van der Waals surface area contributed by atoms with Gasteiger partial charge in [0.2, 0.25) is 0 Å². The van der Waals surface area contributed by atoms with Crippen molar-refractivity contribution in [1.29, 1.82) is 0 Å². The summed E-state index contributed by atoms with van der Waals surface area (Å²) in [6, 6.07) is 8.28. The van der Waals surface area contributed by atoms with Gasteiger partial charge in [0, 0.05) is 28.1 Å². The molecule has 3 nitrogen and oxygen atoms in total. The number of benzene rings is 1. The molecule has 2 rings (SSSR count). The van der Waals surface area contributed by atoms with Crippen molar-refractivity contribution in [2.75, 3.05) is 6.54 Å². The van der Waals surface area contributed by atoms with E-state index in [-0.39, 0.29) is 0 Å². The fraction of sp³-hybridized carbons (Fsp3) is 0.250. The molecule has 2 N–H and O–H groups in total. The number of imidazole rings is 1. The average Bonchev–Trinajstić information content (AvgIpc) is 2.75. The zero-order valence-corrected chi connectivity index (χ0v) is 11.1. The Kier molecular flexibility index (Phi) is 3.95. The van der Waals surface area contributed by atoms with E-state index in [1.807, 2.05) is 24.5 Å².